The number of benzene rings is 2. The Labute approximate surface area is 201 Å². The summed E-state index contributed by atoms with van der Waals surface area (Å²) in [6, 6.07) is 16.0. The van der Waals surface area contributed by atoms with Crippen LogP contribution in [0, 0.1) is 0 Å². The first-order chi connectivity index (χ1) is 16.4. The molecule has 2 N–H and O–H groups in total. The van der Waals surface area contributed by atoms with E-state index in [4.69, 9.17) is 9.84 Å². The van der Waals surface area contributed by atoms with E-state index in [-0.39, 0.29) is 37.3 Å². The zero-order valence-corrected chi connectivity index (χ0v) is 20.0. The number of amides is 2. The number of rotatable bonds is 12. The highest BCUT2D eigenvalue weighted by molar-refractivity contribution is 5.79. The fourth-order valence-corrected chi connectivity index (χ4v) is 4.60. The Morgan fingerprint density at radius 1 is 1.03 bits per heavy atom. The fraction of sp³-hybridized carbons (Fsp3) is 0.444. The number of hydrogen-bond acceptors (Lipinski definition) is 4. The minimum atomic E-state index is -0.871. The Morgan fingerprint density at radius 3 is 2.21 bits per heavy atom. The number of aliphatic carboxylic acids is 1. The Bertz CT molecular complexity index is 961. The molecular formula is C27H34N2O5. The summed E-state index contributed by atoms with van der Waals surface area (Å²) in [5, 5.41) is 11.7. The van der Waals surface area contributed by atoms with E-state index in [0.29, 0.717) is 25.9 Å². The highest BCUT2D eigenvalue weighted by Crippen LogP contribution is 2.44. The van der Waals surface area contributed by atoms with Crippen molar-refractivity contribution in [3.8, 4) is 11.1 Å². The highest BCUT2D eigenvalue weighted by atomic mass is 16.5. The summed E-state index contributed by atoms with van der Waals surface area (Å²) in [7, 11) is 0. The van der Waals surface area contributed by atoms with Gasteiger partial charge in [-0.15, -0.1) is 0 Å². The molecule has 3 rings (SSSR count). The van der Waals surface area contributed by atoms with Crippen LogP contribution in [-0.4, -0.2) is 53.7 Å². The summed E-state index contributed by atoms with van der Waals surface area (Å²) in [6.45, 7) is 4.99. The van der Waals surface area contributed by atoms with Crippen LogP contribution in [0.1, 0.15) is 63.0 Å². The van der Waals surface area contributed by atoms with Gasteiger partial charge in [0, 0.05) is 37.9 Å². The molecular weight excluding hydrogens is 432 g/mol. The molecule has 7 heteroatoms. The molecule has 34 heavy (non-hydrogen) atoms. The van der Waals surface area contributed by atoms with Gasteiger partial charge in [-0.2, -0.15) is 0 Å². The second-order valence-corrected chi connectivity index (χ2v) is 8.63. The average Bonchev–Trinajstić information content (AvgIpc) is 3.14. The Kier molecular flexibility index (Phi) is 9.08. The van der Waals surface area contributed by atoms with E-state index in [1.165, 1.54) is 11.1 Å². The quantitative estimate of drug-likeness (QED) is 0.469. The number of alkyl carbamates (subject to hydrolysis) is 1. The standard InChI is InChI=1S/C27H34N2O5/c1-3-10-19(17-25(30)29(4-2)16-9-15-26(31)32)28-27(33)34-18-24-22-13-7-5-11-20(22)21-12-6-8-14-23(21)24/h5-8,11-14,19,24H,3-4,9-10,15-18H2,1-2H3,(H,28,33)(H,31,32)/t19-/m1/s1. The number of carboxylic acids is 1. The molecule has 1 aliphatic carbocycles. The first-order valence-corrected chi connectivity index (χ1v) is 12.1. The lowest BCUT2D eigenvalue weighted by molar-refractivity contribution is -0.138. The maximum atomic E-state index is 12.7. The maximum Gasteiger partial charge on any atom is 0.407 e. The molecule has 0 bridgehead atoms. The average molecular weight is 467 g/mol. The molecule has 0 heterocycles. The van der Waals surface area contributed by atoms with Crippen LogP contribution in [0.3, 0.4) is 0 Å². The SMILES string of the molecule is CCC[C@H](CC(=O)N(CC)CCCC(=O)O)NC(=O)OCC1c2ccccc2-c2ccccc21. The molecule has 0 aliphatic heterocycles. The molecule has 0 saturated heterocycles. The van der Waals surface area contributed by atoms with Gasteiger partial charge in [0.25, 0.3) is 0 Å². The molecule has 1 aliphatic rings. The van der Waals surface area contributed by atoms with Gasteiger partial charge < -0.3 is 20.1 Å². The third-order valence-electron chi connectivity index (χ3n) is 6.28. The zero-order valence-electron chi connectivity index (χ0n) is 20.0. The summed E-state index contributed by atoms with van der Waals surface area (Å²) >= 11 is 0. The zero-order chi connectivity index (χ0) is 24.5. The van der Waals surface area contributed by atoms with Crippen molar-refractivity contribution in [2.45, 2.75) is 57.9 Å². The fourth-order valence-electron chi connectivity index (χ4n) is 4.60. The molecule has 7 nitrogen and oxygen atoms in total. The van der Waals surface area contributed by atoms with E-state index >= 15 is 0 Å². The molecule has 182 valence electrons. The second kappa shape index (κ2) is 12.2. The Morgan fingerprint density at radius 2 is 1.65 bits per heavy atom. The minimum Gasteiger partial charge on any atom is -0.481 e. The summed E-state index contributed by atoms with van der Waals surface area (Å²) in [5.74, 6) is -0.983. The molecule has 0 aromatic heterocycles. The molecule has 0 radical (unpaired) electrons. The van der Waals surface area contributed by atoms with Crippen LogP contribution in [0.15, 0.2) is 48.5 Å². The van der Waals surface area contributed by atoms with E-state index in [2.05, 4.69) is 29.6 Å². The van der Waals surface area contributed by atoms with Gasteiger partial charge in [0.05, 0.1) is 0 Å². The summed E-state index contributed by atoms with van der Waals surface area (Å²) in [4.78, 5) is 37.8. The van der Waals surface area contributed by atoms with Gasteiger partial charge in [0.1, 0.15) is 6.61 Å². The lowest BCUT2D eigenvalue weighted by Gasteiger charge is -2.24. The first kappa shape index (κ1) is 25.3. The van der Waals surface area contributed by atoms with Crippen LogP contribution in [0.2, 0.25) is 0 Å². The summed E-state index contributed by atoms with van der Waals surface area (Å²) in [6.07, 6.45) is 1.55. The number of carboxylic acid groups (broad SMARTS) is 1. The van der Waals surface area contributed by atoms with Gasteiger partial charge in [-0.3, -0.25) is 9.59 Å². The van der Waals surface area contributed by atoms with Gasteiger partial charge in [0.15, 0.2) is 0 Å². The van der Waals surface area contributed by atoms with Gasteiger partial charge in [-0.05, 0) is 42.0 Å². The largest absolute Gasteiger partial charge is 0.481 e. The van der Waals surface area contributed by atoms with Gasteiger partial charge >= 0.3 is 12.1 Å². The second-order valence-electron chi connectivity index (χ2n) is 8.63. The molecule has 2 amide bonds. The lowest BCUT2D eigenvalue weighted by atomic mass is 9.98. The molecule has 0 fully saturated rings. The molecule has 2 aromatic rings. The summed E-state index contributed by atoms with van der Waals surface area (Å²) < 4.78 is 5.64. The van der Waals surface area contributed by atoms with Crippen molar-refractivity contribution in [2.75, 3.05) is 19.7 Å². The van der Waals surface area contributed by atoms with E-state index in [1.807, 2.05) is 38.1 Å². The van der Waals surface area contributed by atoms with Crippen molar-refractivity contribution in [1.29, 1.82) is 0 Å². The smallest absolute Gasteiger partial charge is 0.407 e. The first-order valence-electron chi connectivity index (χ1n) is 12.1. The van der Waals surface area contributed by atoms with Crippen molar-refractivity contribution in [1.82, 2.24) is 10.2 Å². The summed E-state index contributed by atoms with van der Waals surface area (Å²) in [5.41, 5.74) is 4.64. The van der Waals surface area contributed by atoms with Gasteiger partial charge in [0.2, 0.25) is 5.91 Å². The lowest BCUT2D eigenvalue weighted by Crippen LogP contribution is -2.41. The van der Waals surface area contributed by atoms with Crippen LogP contribution >= 0.6 is 0 Å². The third-order valence-corrected chi connectivity index (χ3v) is 6.28. The van der Waals surface area contributed by atoms with E-state index in [1.54, 1.807) is 4.90 Å². The van der Waals surface area contributed by atoms with Crippen LogP contribution < -0.4 is 5.32 Å². The van der Waals surface area contributed by atoms with Crippen molar-refractivity contribution < 1.29 is 24.2 Å². The molecule has 0 unspecified atom stereocenters. The van der Waals surface area contributed by atoms with E-state index < -0.39 is 12.1 Å². The number of carbonyl (C=O) groups excluding carboxylic acids is 2. The number of nitrogens with one attached hydrogen (secondary N) is 1. The number of hydrogen-bond donors (Lipinski definition) is 2. The Hall–Kier alpha value is -3.35. The topological polar surface area (TPSA) is 95.9 Å². The highest BCUT2D eigenvalue weighted by Gasteiger charge is 2.29. The van der Waals surface area contributed by atoms with Gasteiger partial charge in [-0.25, -0.2) is 4.79 Å². The third kappa shape index (κ3) is 6.37. The minimum absolute atomic E-state index is 0.0192. The number of ether oxygens (including phenoxy) is 1. The van der Waals surface area contributed by atoms with Crippen molar-refractivity contribution in [2.24, 2.45) is 0 Å². The number of nitrogens with zero attached hydrogens (tertiary/aromatic N) is 1. The van der Waals surface area contributed by atoms with Crippen LogP contribution in [0.5, 0.6) is 0 Å². The molecule has 0 saturated carbocycles. The normalized spacial score (nSPS) is 13.0. The van der Waals surface area contributed by atoms with Crippen LogP contribution in [-0.2, 0) is 14.3 Å². The number of fused-ring (bicyclic) bond motifs is 3. The van der Waals surface area contributed by atoms with E-state index in [9.17, 15) is 14.4 Å². The predicted octanol–water partition coefficient (Wildman–Crippen LogP) is 4.80. The molecule has 0 spiro atoms. The monoisotopic (exact) mass is 466 g/mol. The van der Waals surface area contributed by atoms with Gasteiger partial charge in [-0.1, -0.05) is 61.9 Å². The predicted molar refractivity (Wildman–Crippen MR) is 131 cm³/mol. The number of carbonyl (C=O) groups is 3. The van der Waals surface area contributed by atoms with Crippen LogP contribution in [0.25, 0.3) is 11.1 Å². The van der Waals surface area contributed by atoms with Crippen molar-refractivity contribution in [3.05, 3.63) is 59.7 Å². The Balaban J connectivity index is 1.57. The maximum absolute atomic E-state index is 12.7. The van der Waals surface area contributed by atoms with E-state index in [0.717, 1.165) is 17.5 Å². The van der Waals surface area contributed by atoms with Crippen LogP contribution in [0.4, 0.5) is 4.79 Å². The van der Waals surface area contributed by atoms with Crippen molar-refractivity contribution in [3.63, 3.8) is 0 Å². The molecule has 2 aromatic carbocycles. The molecule has 1 atom stereocenters. The van der Waals surface area contributed by atoms with Crippen molar-refractivity contribution >= 4 is 18.0 Å².